The van der Waals surface area contributed by atoms with Crippen LogP contribution in [0.25, 0.3) is 0 Å². The second-order valence-electron chi connectivity index (χ2n) is 5.53. The SMILES string of the molecule is C[C@@]1(NS(=O)(=O)c2ccc(OC(F)(F)F)cc2)CCS(=O)(=O)C1. The topological polar surface area (TPSA) is 89.5 Å². The van der Waals surface area contributed by atoms with Gasteiger partial charge in [-0.3, -0.25) is 0 Å². The van der Waals surface area contributed by atoms with Crippen molar-refractivity contribution < 1.29 is 34.7 Å². The van der Waals surface area contributed by atoms with Crippen LogP contribution in [-0.2, 0) is 19.9 Å². The number of sulfone groups is 1. The summed E-state index contributed by atoms with van der Waals surface area (Å²) in [5, 5.41) is 0. The van der Waals surface area contributed by atoms with E-state index in [2.05, 4.69) is 9.46 Å². The molecule has 1 aliphatic heterocycles. The van der Waals surface area contributed by atoms with E-state index < -0.39 is 37.5 Å². The van der Waals surface area contributed by atoms with Gasteiger partial charge < -0.3 is 4.74 Å². The zero-order valence-corrected chi connectivity index (χ0v) is 13.6. The van der Waals surface area contributed by atoms with Gasteiger partial charge in [-0.1, -0.05) is 0 Å². The third kappa shape index (κ3) is 4.82. The summed E-state index contributed by atoms with van der Waals surface area (Å²) in [5.74, 6) is -0.995. The predicted molar refractivity (Wildman–Crippen MR) is 75.1 cm³/mol. The molecule has 1 aliphatic rings. The van der Waals surface area contributed by atoms with Gasteiger partial charge in [-0.2, -0.15) is 0 Å². The van der Waals surface area contributed by atoms with Crippen LogP contribution >= 0.6 is 0 Å². The Hall–Kier alpha value is -1.33. The molecule has 0 spiro atoms. The van der Waals surface area contributed by atoms with Crippen molar-refractivity contribution in [3.05, 3.63) is 24.3 Å². The Morgan fingerprint density at radius 3 is 2.22 bits per heavy atom. The van der Waals surface area contributed by atoms with Crippen molar-refractivity contribution in [2.45, 2.75) is 30.1 Å². The Balaban J connectivity index is 2.17. The summed E-state index contributed by atoms with van der Waals surface area (Å²) in [6.45, 7) is 1.47. The summed E-state index contributed by atoms with van der Waals surface area (Å²) in [7, 11) is -7.37. The van der Waals surface area contributed by atoms with Crippen LogP contribution in [0.1, 0.15) is 13.3 Å². The van der Waals surface area contributed by atoms with Crippen molar-refractivity contribution in [1.82, 2.24) is 4.72 Å². The van der Waals surface area contributed by atoms with Gasteiger partial charge in [0.25, 0.3) is 0 Å². The summed E-state index contributed by atoms with van der Waals surface area (Å²) in [6, 6.07) is 3.65. The van der Waals surface area contributed by atoms with Crippen molar-refractivity contribution in [3.8, 4) is 5.75 Å². The summed E-state index contributed by atoms with van der Waals surface area (Å²) in [6.07, 6.45) is -4.74. The summed E-state index contributed by atoms with van der Waals surface area (Å²) >= 11 is 0. The first-order valence-corrected chi connectivity index (χ1v) is 9.71. The molecular formula is C12H14F3NO5S2. The molecule has 130 valence electrons. The Bertz CT molecular complexity index is 787. The third-order valence-electron chi connectivity index (χ3n) is 3.25. The van der Waals surface area contributed by atoms with E-state index in [1.165, 1.54) is 6.92 Å². The van der Waals surface area contributed by atoms with Crippen LogP contribution in [0.2, 0.25) is 0 Å². The van der Waals surface area contributed by atoms with E-state index in [0.717, 1.165) is 24.3 Å². The lowest BCUT2D eigenvalue weighted by Crippen LogP contribution is -2.46. The smallest absolute Gasteiger partial charge is 0.406 e. The van der Waals surface area contributed by atoms with Crippen molar-refractivity contribution in [3.63, 3.8) is 0 Å². The number of benzene rings is 1. The number of halogens is 3. The minimum absolute atomic E-state index is 0.121. The quantitative estimate of drug-likeness (QED) is 0.863. The fourth-order valence-corrected chi connectivity index (χ4v) is 5.91. The van der Waals surface area contributed by atoms with Gasteiger partial charge in [-0.25, -0.2) is 21.6 Å². The van der Waals surface area contributed by atoms with E-state index in [0.29, 0.717) is 0 Å². The maximum Gasteiger partial charge on any atom is 0.573 e. The number of hydrogen-bond acceptors (Lipinski definition) is 5. The van der Waals surface area contributed by atoms with E-state index in [-0.39, 0.29) is 22.8 Å². The minimum Gasteiger partial charge on any atom is -0.406 e. The number of ether oxygens (including phenoxy) is 1. The molecule has 0 bridgehead atoms. The minimum atomic E-state index is -4.87. The van der Waals surface area contributed by atoms with Crippen molar-refractivity contribution in [2.24, 2.45) is 0 Å². The molecule has 1 saturated heterocycles. The van der Waals surface area contributed by atoms with Gasteiger partial charge in [-0.05, 0) is 37.6 Å². The first kappa shape index (κ1) is 18.0. The molecule has 0 aromatic heterocycles. The number of alkyl halides is 3. The molecule has 0 aliphatic carbocycles. The maximum atomic E-state index is 12.2. The highest BCUT2D eigenvalue weighted by molar-refractivity contribution is 7.92. The molecule has 0 radical (unpaired) electrons. The highest BCUT2D eigenvalue weighted by atomic mass is 32.2. The zero-order valence-electron chi connectivity index (χ0n) is 11.9. The van der Waals surface area contributed by atoms with Crippen molar-refractivity contribution in [2.75, 3.05) is 11.5 Å². The van der Waals surface area contributed by atoms with E-state index in [1.807, 2.05) is 0 Å². The maximum absolute atomic E-state index is 12.2. The first-order chi connectivity index (χ1) is 10.3. The van der Waals surface area contributed by atoms with Crippen LogP contribution in [0.5, 0.6) is 5.75 Å². The average Bonchev–Trinajstić information content (AvgIpc) is 2.60. The predicted octanol–water partition coefficient (Wildman–Crippen LogP) is 1.44. The molecule has 0 amide bonds. The number of rotatable bonds is 4. The Kier molecular flexibility index (Phi) is 4.41. The molecule has 1 aromatic rings. The van der Waals surface area contributed by atoms with Crippen LogP contribution in [0, 0.1) is 0 Å². The van der Waals surface area contributed by atoms with Crippen LogP contribution in [0.15, 0.2) is 29.2 Å². The Morgan fingerprint density at radius 2 is 1.78 bits per heavy atom. The molecule has 6 nitrogen and oxygen atoms in total. The zero-order chi connectivity index (χ0) is 17.5. The van der Waals surface area contributed by atoms with Gasteiger partial charge in [0.1, 0.15) is 5.75 Å². The second kappa shape index (κ2) is 5.64. The lowest BCUT2D eigenvalue weighted by atomic mass is 10.0. The normalized spacial score (nSPS) is 24.5. The van der Waals surface area contributed by atoms with Crippen molar-refractivity contribution >= 4 is 19.9 Å². The second-order valence-corrected chi connectivity index (χ2v) is 9.39. The van der Waals surface area contributed by atoms with Crippen molar-refractivity contribution in [1.29, 1.82) is 0 Å². The lowest BCUT2D eigenvalue weighted by molar-refractivity contribution is -0.274. The number of sulfonamides is 1. The molecule has 1 N–H and O–H groups in total. The Labute approximate surface area is 131 Å². The van der Waals surface area contributed by atoms with Crippen LogP contribution in [-0.4, -0.2) is 40.2 Å². The highest BCUT2D eigenvalue weighted by Crippen LogP contribution is 2.27. The molecule has 0 unspecified atom stereocenters. The molecule has 1 aromatic carbocycles. The largest absolute Gasteiger partial charge is 0.573 e. The third-order valence-corrected chi connectivity index (χ3v) is 6.81. The summed E-state index contributed by atoms with van der Waals surface area (Å²) in [5.41, 5.74) is -1.14. The first-order valence-electron chi connectivity index (χ1n) is 6.41. The average molecular weight is 373 g/mol. The molecular weight excluding hydrogens is 359 g/mol. The summed E-state index contributed by atoms with van der Waals surface area (Å²) < 4.78 is 89.6. The molecule has 11 heteroatoms. The van der Waals surface area contributed by atoms with Crippen LogP contribution < -0.4 is 9.46 Å². The van der Waals surface area contributed by atoms with E-state index >= 15 is 0 Å². The molecule has 1 fully saturated rings. The van der Waals surface area contributed by atoms with E-state index in [9.17, 15) is 30.0 Å². The van der Waals surface area contributed by atoms with Gasteiger partial charge in [0.15, 0.2) is 9.84 Å². The van der Waals surface area contributed by atoms with Gasteiger partial charge in [0.05, 0.1) is 16.4 Å². The Morgan fingerprint density at radius 1 is 1.22 bits per heavy atom. The van der Waals surface area contributed by atoms with Gasteiger partial charge in [0, 0.05) is 5.54 Å². The summed E-state index contributed by atoms with van der Waals surface area (Å²) in [4.78, 5) is -0.280. The fourth-order valence-electron chi connectivity index (χ4n) is 2.29. The molecule has 1 atom stereocenters. The highest BCUT2D eigenvalue weighted by Gasteiger charge is 2.41. The monoisotopic (exact) mass is 373 g/mol. The van der Waals surface area contributed by atoms with E-state index in [1.54, 1.807) is 0 Å². The molecule has 2 rings (SSSR count). The number of nitrogens with one attached hydrogen (secondary N) is 1. The lowest BCUT2D eigenvalue weighted by Gasteiger charge is -2.23. The van der Waals surface area contributed by atoms with E-state index in [4.69, 9.17) is 0 Å². The molecule has 23 heavy (non-hydrogen) atoms. The number of hydrogen-bond donors (Lipinski definition) is 1. The van der Waals surface area contributed by atoms with Crippen LogP contribution in [0.3, 0.4) is 0 Å². The van der Waals surface area contributed by atoms with Gasteiger partial charge in [-0.15, -0.1) is 13.2 Å². The fraction of sp³-hybridized carbons (Fsp3) is 0.500. The molecule has 1 heterocycles. The van der Waals surface area contributed by atoms with Gasteiger partial charge in [0.2, 0.25) is 10.0 Å². The standard InChI is InChI=1S/C12H14F3NO5S2/c1-11(6-7-22(17,18)8-11)16-23(19,20)10-4-2-9(3-5-10)21-12(13,14)15/h2-5,16H,6-8H2,1H3/t11-/m1/s1. The van der Waals surface area contributed by atoms with Gasteiger partial charge >= 0.3 is 6.36 Å². The molecule has 0 saturated carbocycles. The van der Waals surface area contributed by atoms with Crippen LogP contribution in [0.4, 0.5) is 13.2 Å².